The Morgan fingerprint density at radius 2 is 2.23 bits per heavy atom. The van der Waals surface area contributed by atoms with E-state index >= 15 is 0 Å². The van der Waals surface area contributed by atoms with Crippen LogP contribution >= 0.6 is 0 Å². The Morgan fingerprint density at radius 3 is 2.77 bits per heavy atom. The van der Waals surface area contributed by atoms with Gasteiger partial charge in [-0.15, -0.1) is 0 Å². The van der Waals surface area contributed by atoms with E-state index in [9.17, 15) is 9.50 Å². The molecular formula is C10H16FNO. The summed E-state index contributed by atoms with van der Waals surface area (Å²) in [5, 5.41) is 9.62. The molecule has 0 fully saturated rings. The Labute approximate surface area is 77.9 Å². The van der Waals surface area contributed by atoms with Crippen molar-refractivity contribution in [2.24, 2.45) is 5.73 Å². The molecule has 13 heavy (non-hydrogen) atoms. The van der Waals surface area contributed by atoms with E-state index in [-0.39, 0.29) is 5.83 Å². The van der Waals surface area contributed by atoms with Crippen molar-refractivity contribution >= 4 is 0 Å². The van der Waals surface area contributed by atoms with Crippen LogP contribution in [0.3, 0.4) is 0 Å². The maximum absolute atomic E-state index is 12.6. The fourth-order valence-electron chi connectivity index (χ4n) is 1.40. The van der Waals surface area contributed by atoms with Crippen molar-refractivity contribution in [3.8, 4) is 0 Å². The molecule has 3 heteroatoms. The molecule has 0 aromatic carbocycles. The summed E-state index contributed by atoms with van der Waals surface area (Å²) < 4.78 is 12.6. The summed E-state index contributed by atoms with van der Waals surface area (Å²) in [7, 11) is 0. The first-order chi connectivity index (χ1) is 6.24. The Balaban J connectivity index is 2.43. The summed E-state index contributed by atoms with van der Waals surface area (Å²) in [6, 6.07) is 0. The van der Waals surface area contributed by atoms with Gasteiger partial charge in [-0.1, -0.05) is 6.08 Å². The van der Waals surface area contributed by atoms with Crippen LogP contribution in [-0.2, 0) is 0 Å². The molecule has 0 spiro atoms. The molecule has 0 amide bonds. The number of hydrogen-bond donors (Lipinski definition) is 2. The fourth-order valence-corrected chi connectivity index (χ4v) is 1.40. The number of hydrogen-bond acceptors (Lipinski definition) is 2. The molecule has 1 atom stereocenters. The summed E-state index contributed by atoms with van der Waals surface area (Å²) in [6.07, 6.45) is 5.22. The lowest BCUT2D eigenvalue weighted by Crippen LogP contribution is -2.14. The summed E-state index contributed by atoms with van der Waals surface area (Å²) in [5.74, 6) is -0.102. The zero-order chi connectivity index (χ0) is 9.68. The Hall–Kier alpha value is -0.670. The van der Waals surface area contributed by atoms with Gasteiger partial charge in [0.2, 0.25) is 0 Å². The van der Waals surface area contributed by atoms with Gasteiger partial charge in [-0.25, -0.2) is 4.39 Å². The highest BCUT2D eigenvalue weighted by Gasteiger charge is 2.13. The molecule has 1 aliphatic carbocycles. The van der Waals surface area contributed by atoms with Crippen LogP contribution in [0.25, 0.3) is 0 Å². The number of aliphatic hydroxyl groups excluding tert-OH is 1. The van der Waals surface area contributed by atoms with Crippen LogP contribution in [0.2, 0.25) is 0 Å². The summed E-state index contributed by atoms with van der Waals surface area (Å²) in [4.78, 5) is 0. The highest BCUT2D eigenvalue weighted by atomic mass is 19.1. The van der Waals surface area contributed by atoms with E-state index < -0.39 is 6.10 Å². The largest absolute Gasteiger partial charge is 0.389 e. The number of halogens is 1. The average Bonchev–Trinajstić information content (AvgIpc) is 2.15. The molecule has 0 heterocycles. The Kier molecular flexibility index (Phi) is 4.12. The van der Waals surface area contributed by atoms with Crippen molar-refractivity contribution in [2.45, 2.75) is 31.8 Å². The van der Waals surface area contributed by atoms with Gasteiger partial charge >= 0.3 is 0 Å². The van der Waals surface area contributed by atoms with E-state index in [2.05, 4.69) is 0 Å². The molecule has 1 aliphatic rings. The van der Waals surface area contributed by atoms with Gasteiger partial charge in [-0.05, 0) is 37.5 Å². The van der Waals surface area contributed by atoms with E-state index in [0.717, 1.165) is 12.0 Å². The van der Waals surface area contributed by atoms with Crippen molar-refractivity contribution in [3.05, 3.63) is 23.6 Å². The van der Waals surface area contributed by atoms with Crippen molar-refractivity contribution in [3.63, 3.8) is 0 Å². The van der Waals surface area contributed by atoms with Crippen LogP contribution in [0.5, 0.6) is 0 Å². The van der Waals surface area contributed by atoms with Gasteiger partial charge in [0.15, 0.2) is 0 Å². The predicted octanol–water partition coefficient (Wildman–Crippen LogP) is 1.66. The monoisotopic (exact) mass is 185 g/mol. The molecule has 0 aliphatic heterocycles. The lowest BCUT2D eigenvalue weighted by atomic mass is 9.96. The molecule has 0 aromatic rings. The SMILES string of the molecule is NCCCC(O)C1=CC=C(F)CC1. The second-order valence-electron chi connectivity index (χ2n) is 3.30. The van der Waals surface area contributed by atoms with Crippen molar-refractivity contribution < 1.29 is 9.50 Å². The molecule has 0 radical (unpaired) electrons. The number of aliphatic hydroxyl groups is 1. The van der Waals surface area contributed by atoms with Gasteiger partial charge in [-0.2, -0.15) is 0 Å². The summed E-state index contributed by atoms with van der Waals surface area (Å²) in [5.41, 5.74) is 6.25. The third-order valence-corrected chi connectivity index (χ3v) is 2.24. The van der Waals surface area contributed by atoms with Gasteiger partial charge in [0.25, 0.3) is 0 Å². The maximum atomic E-state index is 12.6. The normalized spacial score (nSPS) is 19.3. The minimum absolute atomic E-state index is 0.102. The van der Waals surface area contributed by atoms with Crippen LogP contribution < -0.4 is 5.73 Å². The molecule has 74 valence electrons. The third-order valence-electron chi connectivity index (χ3n) is 2.24. The standard InChI is InChI=1S/C10H16FNO/c11-9-5-3-8(4-6-9)10(13)2-1-7-12/h3,5,10,13H,1-2,4,6-7,12H2. The highest BCUT2D eigenvalue weighted by molar-refractivity contribution is 5.23. The van der Waals surface area contributed by atoms with Gasteiger partial charge in [-0.3, -0.25) is 0 Å². The predicted molar refractivity (Wildman–Crippen MR) is 50.8 cm³/mol. The molecule has 3 N–H and O–H groups in total. The quantitative estimate of drug-likeness (QED) is 0.699. The molecule has 1 rings (SSSR count). The first-order valence-corrected chi connectivity index (χ1v) is 4.67. The first-order valence-electron chi connectivity index (χ1n) is 4.67. The number of rotatable bonds is 4. The van der Waals surface area contributed by atoms with Gasteiger partial charge < -0.3 is 10.8 Å². The summed E-state index contributed by atoms with van der Waals surface area (Å²) >= 11 is 0. The molecule has 0 saturated carbocycles. The van der Waals surface area contributed by atoms with E-state index in [1.807, 2.05) is 0 Å². The van der Waals surface area contributed by atoms with E-state index in [1.54, 1.807) is 6.08 Å². The zero-order valence-electron chi connectivity index (χ0n) is 7.67. The number of nitrogens with two attached hydrogens (primary N) is 1. The molecule has 0 bridgehead atoms. The van der Waals surface area contributed by atoms with Gasteiger partial charge in [0.05, 0.1) is 6.10 Å². The lowest BCUT2D eigenvalue weighted by molar-refractivity contribution is 0.193. The topological polar surface area (TPSA) is 46.2 Å². The Morgan fingerprint density at radius 1 is 1.46 bits per heavy atom. The van der Waals surface area contributed by atoms with Crippen molar-refractivity contribution in [1.29, 1.82) is 0 Å². The molecule has 1 unspecified atom stereocenters. The van der Waals surface area contributed by atoms with Crippen LogP contribution in [0.4, 0.5) is 4.39 Å². The highest BCUT2D eigenvalue weighted by Crippen LogP contribution is 2.23. The summed E-state index contributed by atoms with van der Waals surface area (Å²) in [6.45, 7) is 0.592. The van der Waals surface area contributed by atoms with Gasteiger partial charge in [0, 0.05) is 6.42 Å². The Bertz CT molecular complexity index is 223. The molecule has 0 saturated heterocycles. The van der Waals surface area contributed by atoms with Gasteiger partial charge in [0.1, 0.15) is 5.83 Å². The average molecular weight is 185 g/mol. The van der Waals surface area contributed by atoms with Crippen LogP contribution in [0.15, 0.2) is 23.6 Å². The van der Waals surface area contributed by atoms with Crippen LogP contribution in [-0.4, -0.2) is 17.8 Å². The fraction of sp³-hybridized carbons (Fsp3) is 0.600. The minimum Gasteiger partial charge on any atom is -0.389 e. The maximum Gasteiger partial charge on any atom is 0.100 e. The second kappa shape index (κ2) is 5.14. The van der Waals surface area contributed by atoms with Crippen LogP contribution in [0.1, 0.15) is 25.7 Å². The zero-order valence-corrected chi connectivity index (χ0v) is 7.67. The van der Waals surface area contributed by atoms with Crippen LogP contribution in [0, 0.1) is 0 Å². The first kappa shape index (κ1) is 10.4. The third kappa shape index (κ3) is 3.28. The van der Waals surface area contributed by atoms with Crippen molar-refractivity contribution in [1.82, 2.24) is 0 Å². The molecular weight excluding hydrogens is 169 g/mol. The second-order valence-corrected chi connectivity index (χ2v) is 3.30. The van der Waals surface area contributed by atoms with Crippen molar-refractivity contribution in [2.75, 3.05) is 6.54 Å². The molecule has 0 aromatic heterocycles. The molecule has 2 nitrogen and oxygen atoms in total. The smallest absolute Gasteiger partial charge is 0.100 e. The van der Waals surface area contributed by atoms with E-state index in [1.165, 1.54) is 6.08 Å². The number of allylic oxidation sites excluding steroid dienone is 3. The van der Waals surface area contributed by atoms with E-state index in [0.29, 0.717) is 25.8 Å². The minimum atomic E-state index is -0.437. The lowest BCUT2D eigenvalue weighted by Gasteiger charge is -2.16. The van der Waals surface area contributed by atoms with E-state index in [4.69, 9.17) is 5.73 Å².